The van der Waals surface area contributed by atoms with Gasteiger partial charge in [-0.15, -0.1) is 0 Å². The molecule has 39 heavy (non-hydrogen) atoms. The molecule has 0 spiro atoms. The Morgan fingerprint density at radius 1 is 0.487 bits per heavy atom. The third kappa shape index (κ3) is 25.9. The maximum absolute atomic E-state index is 11.8. The minimum Gasteiger partial charge on any atom is -0.466 e. The van der Waals surface area contributed by atoms with E-state index in [-0.39, 0.29) is 25.2 Å². The lowest BCUT2D eigenvalue weighted by atomic mass is 10.1. The minimum absolute atomic E-state index is 0.125. The normalized spacial score (nSPS) is 11.6. The van der Waals surface area contributed by atoms with E-state index in [4.69, 9.17) is 18.9 Å². The van der Waals surface area contributed by atoms with Crippen LogP contribution in [0, 0.1) is 0 Å². The van der Waals surface area contributed by atoms with Gasteiger partial charge in [0, 0.05) is 12.8 Å². The Hall–Kier alpha value is -2.16. The second-order valence-corrected chi connectivity index (χ2v) is 10.00. The summed E-state index contributed by atoms with van der Waals surface area (Å²) in [5.74, 6) is -1.85. The molecule has 0 aliphatic rings. The molecular formula is C30H54O9. The van der Waals surface area contributed by atoms with Crippen LogP contribution in [-0.2, 0) is 38.1 Å². The molecule has 0 aliphatic carbocycles. The highest BCUT2D eigenvalue weighted by atomic mass is 16.6. The Labute approximate surface area is 235 Å². The molecule has 0 heterocycles. The quantitative estimate of drug-likeness (QED) is 0.0737. The maximum atomic E-state index is 11.8. The second-order valence-electron chi connectivity index (χ2n) is 10.00. The standard InChI is InChI=1S/C30H54O9/c1-3-5-7-9-13-19-27(32)36-21-15-11-17-23-38-29(34)25-26(31)30(35)39-24-18-12-16-22-37-28(33)20-14-10-8-6-4-2/h26,31H,3-25H2,1-2H3. The summed E-state index contributed by atoms with van der Waals surface area (Å²) in [6.45, 7) is 5.31. The summed E-state index contributed by atoms with van der Waals surface area (Å²) in [7, 11) is 0. The van der Waals surface area contributed by atoms with E-state index in [0.717, 1.165) is 44.9 Å². The zero-order chi connectivity index (χ0) is 29.0. The number of ether oxygens (including phenoxy) is 4. The number of aliphatic hydroxyl groups is 1. The topological polar surface area (TPSA) is 125 Å². The highest BCUT2D eigenvalue weighted by Gasteiger charge is 2.21. The lowest BCUT2D eigenvalue weighted by molar-refractivity contribution is -0.160. The average Bonchev–Trinajstić information content (AvgIpc) is 2.91. The van der Waals surface area contributed by atoms with Crippen LogP contribution >= 0.6 is 0 Å². The molecule has 228 valence electrons. The summed E-state index contributed by atoms with van der Waals surface area (Å²) in [6.07, 6.45) is 13.8. The fraction of sp³-hybridized carbons (Fsp3) is 0.867. The number of rotatable bonds is 27. The number of hydrogen-bond donors (Lipinski definition) is 1. The molecule has 0 aromatic rings. The number of hydrogen-bond acceptors (Lipinski definition) is 9. The number of carbonyl (C=O) groups is 4. The van der Waals surface area contributed by atoms with Crippen LogP contribution in [0.15, 0.2) is 0 Å². The predicted molar refractivity (Wildman–Crippen MR) is 149 cm³/mol. The summed E-state index contributed by atoms with van der Waals surface area (Å²) in [5.41, 5.74) is 0. The molecule has 0 aromatic heterocycles. The molecule has 1 unspecified atom stereocenters. The van der Waals surface area contributed by atoms with Crippen molar-refractivity contribution in [2.24, 2.45) is 0 Å². The van der Waals surface area contributed by atoms with Gasteiger partial charge in [-0.2, -0.15) is 0 Å². The van der Waals surface area contributed by atoms with Gasteiger partial charge in [0.25, 0.3) is 0 Å². The first-order valence-electron chi connectivity index (χ1n) is 15.2. The number of aliphatic hydroxyl groups excluding tert-OH is 1. The monoisotopic (exact) mass is 558 g/mol. The SMILES string of the molecule is CCCCCCCC(=O)OCCCCCOC(=O)CC(O)C(=O)OCCCCCOC(=O)CCCCCCC. The van der Waals surface area contributed by atoms with E-state index in [1.165, 1.54) is 25.7 Å². The Morgan fingerprint density at radius 2 is 0.846 bits per heavy atom. The van der Waals surface area contributed by atoms with Gasteiger partial charge in [0.2, 0.25) is 0 Å². The lowest BCUT2D eigenvalue weighted by Crippen LogP contribution is -2.27. The lowest BCUT2D eigenvalue weighted by Gasteiger charge is -2.11. The molecule has 0 rings (SSSR count). The smallest absolute Gasteiger partial charge is 0.335 e. The Balaban J connectivity index is 3.59. The Bertz CT molecular complexity index is 636. The molecule has 1 N–H and O–H groups in total. The van der Waals surface area contributed by atoms with Crippen LogP contribution in [0.4, 0.5) is 0 Å². The van der Waals surface area contributed by atoms with E-state index in [1.54, 1.807) is 0 Å². The van der Waals surface area contributed by atoms with Gasteiger partial charge >= 0.3 is 23.9 Å². The first kappa shape index (κ1) is 36.8. The summed E-state index contributed by atoms with van der Waals surface area (Å²) >= 11 is 0. The minimum atomic E-state index is -1.56. The van der Waals surface area contributed by atoms with Crippen LogP contribution < -0.4 is 0 Å². The predicted octanol–water partition coefficient (Wildman–Crippen LogP) is 5.97. The highest BCUT2D eigenvalue weighted by molar-refractivity contribution is 5.81. The van der Waals surface area contributed by atoms with Crippen LogP contribution in [0.25, 0.3) is 0 Å². The summed E-state index contributed by atoms with van der Waals surface area (Å²) in [6, 6.07) is 0. The second kappa shape index (κ2) is 27.4. The zero-order valence-corrected chi connectivity index (χ0v) is 24.6. The first-order valence-corrected chi connectivity index (χ1v) is 15.2. The van der Waals surface area contributed by atoms with E-state index in [0.29, 0.717) is 58.2 Å². The van der Waals surface area contributed by atoms with Crippen molar-refractivity contribution in [3.8, 4) is 0 Å². The van der Waals surface area contributed by atoms with Gasteiger partial charge in [-0.05, 0) is 51.4 Å². The molecule has 9 nitrogen and oxygen atoms in total. The number of unbranched alkanes of at least 4 members (excludes halogenated alkanes) is 12. The van der Waals surface area contributed by atoms with Crippen molar-refractivity contribution in [2.75, 3.05) is 26.4 Å². The van der Waals surface area contributed by atoms with E-state index in [9.17, 15) is 24.3 Å². The molecule has 0 aromatic carbocycles. The van der Waals surface area contributed by atoms with Crippen molar-refractivity contribution < 1.29 is 43.2 Å². The van der Waals surface area contributed by atoms with Crippen LogP contribution in [0.2, 0.25) is 0 Å². The average molecular weight is 559 g/mol. The third-order valence-corrected chi connectivity index (χ3v) is 6.21. The number of esters is 4. The Morgan fingerprint density at radius 3 is 1.28 bits per heavy atom. The molecule has 0 radical (unpaired) electrons. The molecule has 0 fully saturated rings. The van der Waals surface area contributed by atoms with Gasteiger partial charge in [-0.3, -0.25) is 14.4 Å². The van der Waals surface area contributed by atoms with Crippen LogP contribution in [0.1, 0.15) is 136 Å². The summed E-state index contributed by atoms with van der Waals surface area (Å²) in [5, 5.41) is 9.86. The van der Waals surface area contributed by atoms with Crippen molar-refractivity contribution in [3.63, 3.8) is 0 Å². The van der Waals surface area contributed by atoms with Gasteiger partial charge in [0.15, 0.2) is 6.10 Å². The largest absolute Gasteiger partial charge is 0.466 e. The molecule has 0 aliphatic heterocycles. The fourth-order valence-corrected chi connectivity index (χ4v) is 3.78. The van der Waals surface area contributed by atoms with Gasteiger partial charge in [-0.1, -0.05) is 65.2 Å². The third-order valence-electron chi connectivity index (χ3n) is 6.21. The van der Waals surface area contributed by atoms with Crippen molar-refractivity contribution in [1.82, 2.24) is 0 Å². The molecule has 0 bridgehead atoms. The first-order chi connectivity index (χ1) is 18.9. The van der Waals surface area contributed by atoms with Crippen LogP contribution in [0.5, 0.6) is 0 Å². The molecule has 1 atom stereocenters. The van der Waals surface area contributed by atoms with Crippen molar-refractivity contribution in [2.45, 2.75) is 142 Å². The van der Waals surface area contributed by atoms with E-state index in [1.807, 2.05) is 0 Å². The zero-order valence-electron chi connectivity index (χ0n) is 24.6. The molecule has 0 saturated heterocycles. The number of carbonyl (C=O) groups excluding carboxylic acids is 4. The highest BCUT2D eigenvalue weighted by Crippen LogP contribution is 2.08. The molecule has 0 amide bonds. The van der Waals surface area contributed by atoms with Gasteiger partial charge in [-0.25, -0.2) is 4.79 Å². The van der Waals surface area contributed by atoms with Gasteiger partial charge < -0.3 is 24.1 Å². The van der Waals surface area contributed by atoms with E-state index < -0.39 is 24.5 Å². The van der Waals surface area contributed by atoms with Gasteiger partial charge in [0.05, 0.1) is 32.8 Å². The molecule has 0 saturated carbocycles. The van der Waals surface area contributed by atoms with Gasteiger partial charge in [0.1, 0.15) is 0 Å². The molecular weight excluding hydrogens is 504 g/mol. The Kier molecular flexibility index (Phi) is 25.9. The van der Waals surface area contributed by atoms with Crippen molar-refractivity contribution in [1.29, 1.82) is 0 Å². The summed E-state index contributed by atoms with van der Waals surface area (Å²) in [4.78, 5) is 46.9. The summed E-state index contributed by atoms with van der Waals surface area (Å²) < 4.78 is 20.4. The maximum Gasteiger partial charge on any atom is 0.335 e. The molecule has 9 heteroatoms. The van der Waals surface area contributed by atoms with Crippen molar-refractivity contribution >= 4 is 23.9 Å². The van der Waals surface area contributed by atoms with E-state index >= 15 is 0 Å². The fourth-order valence-electron chi connectivity index (χ4n) is 3.78. The van der Waals surface area contributed by atoms with Crippen LogP contribution in [0.3, 0.4) is 0 Å². The van der Waals surface area contributed by atoms with Crippen molar-refractivity contribution in [3.05, 3.63) is 0 Å². The van der Waals surface area contributed by atoms with E-state index in [2.05, 4.69) is 13.8 Å². The van der Waals surface area contributed by atoms with Crippen LogP contribution in [-0.4, -0.2) is 61.5 Å².